The molecule has 0 saturated heterocycles. The van der Waals surface area contributed by atoms with Crippen LogP contribution in [0.2, 0.25) is 0 Å². The Bertz CT molecular complexity index is 864. The first-order valence-corrected chi connectivity index (χ1v) is 8.87. The number of hydrogen-bond donors (Lipinski definition) is 1. The van der Waals surface area contributed by atoms with E-state index in [4.69, 9.17) is 9.47 Å². The first-order chi connectivity index (χ1) is 13.3. The van der Waals surface area contributed by atoms with E-state index in [-0.39, 0.29) is 5.91 Å². The molecule has 0 bridgehead atoms. The Labute approximate surface area is 159 Å². The number of carbonyl (C=O) groups excluding carboxylic acids is 1. The lowest BCUT2D eigenvalue weighted by Gasteiger charge is -2.11. The van der Waals surface area contributed by atoms with Gasteiger partial charge >= 0.3 is 0 Å². The fourth-order valence-electron chi connectivity index (χ4n) is 2.57. The highest BCUT2D eigenvalue weighted by atomic mass is 16.5. The van der Waals surface area contributed by atoms with Gasteiger partial charge in [0.05, 0.1) is 12.2 Å². The quantitative estimate of drug-likeness (QED) is 0.658. The van der Waals surface area contributed by atoms with E-state index in [1.54, 1.807) is 24.5 Å². The molecule has 27 heavy (non-hydrogen) atoms. The summed E-state index contributed by atoms with van der Waals surface area (Å²) in [4.78, 5) is 16.5. The number of amides is 1. The molecule has 5 heteroatoms. The maximum atomic E-state index is 12.4. The standard InChI is InChI=1S/C22H22N2O3/c1-2-26-21-8-4-3-7-20(21)22(25)24-15-17-9-11-19(12-10-17)27-16-18-6-5-13-23-14-18/h3-14H,2,15-16H2,1H3,(H,24,25). The zero-order valence-electron chi connectivity index (χ0n) is 15.2. The van der Waals surface area contributed by atoms with Crippen molar-refractivity contribution in [2.75, 3.05) is 6.61 Å². The van der Waals surface area contributed by atoms with Crippen LogP contribution in [0, 0.1) is 0 Å². The Morgan fingerprint density at radius 1 is 0.963 bits per heavy atom. The van der Waals surface area contributed by atoms with E-state index < -0.39 is 0 Å². The molecule has 0 aliphatic rings. The minimum Gasteiger partial charge on any atom is -0.493 e. The third-order valence-electron chi connectivity index (χ3n) is 3.94. The van der Waals surface area contributed by atoms with Crippen molar-refractivity contribution in [2.45, 2.75) is 20.1 Å². The number of carbonyl (C=O) groups is 1. The Kier molecular flexibility index (Phi) is 6.41. The highest BCUT2D eigenvalue weighted by Gasteiger charge is 2.11. The average Bonchev–Trinajstić information content (AvgIpc) is 2.73. The van der Waals surface area contributed by atoms with Gasteiger partial charge in [0.2, 0.25) is 0 Å². The van der Waals surface area contributed by atoms with Crippen molar-refractivity contribution < 1.29 is 14.3 Å². The van der Waals surface area contributed by atoms with Crippen LogP contribution in [0.1, 0.15) is 28.4 Å². The molecule has 138 valence electrons. The molecular weight excluding hydrogens is 340 g/mol. The van der Waals surface area contributed by atoms with Gasteiger partial charge in [-0.2, -0.15) is 0 Å². The third-order valence-corrected chi connectivity index (χ3v) is 3.94. The summed E-state index contributed by atoms with van der Waals surface area (Å²) in [6.45, 7) is 3.32. The van der Waals surface area contributed by atoms with Crippen molar-refractivity contribution in [3.8, 4) is 11.5 Å². The van der Waals surface area contributed by atoms with Crippen molar-refractivity contribution >= 4 is 5.91 Å². The maximum absolute atomic E-state index is 12.4. The van der Waals surface area contributed by atoms with Gasteiger partial charge in [-0.1, -0.05) is 30.3 Å². The summed E-state index contributed by atoms with van der Waals surface area (Å²) in [6, 6.07) is 18.8. The van der Waals surface area contributed by atoms with Crippen LogP contribution in [0.15, 0.2) is 73.1 Å². The number of hydrogen-bond acceptors (Lipinski definition) is 4. The van der Waals surface area contributed by atoms with Gasteiger partial charge in [0, 0.05) is 24.5 Å². The molecule has 0 fully saturated rings. The first-order valence-electron chi connectivity index (χ1n) is 8.87. The van der Waals surface area contributed by atoms with Crippen LogP contribution in [-0.2, 0) is 13.2 Å². The van der Waals surface area contributed by atoms with E-state index in [1.807, 2.05) is 55.5 Å². The summed E-state index contributed by atoms with van der Waals surface area (Å²) < 4.78 is 11.2. The molecule has 1 aromatic heterocycles. The molecule has 0 radical (unpaired) electrons. The molecule has 3 rings (SSSR count). The monoisotopic (exact) mass is 362 g/mol. The lowest BCUT2D eigenvalue weighted by atomic mass is 10.1. The number of pyridine rings is 1. The summed E-state index contributed by atoms with van der Waals surface area (Å²) in [5.74, 6) is 1.21. The summed E-state index contributed by atoms with van der Waals surface area (Å²) in [6.07, 6.45) is 3.52. The lowest BCUT2D eigenvalue weighted by molar-refractivity contribution is 0.0947. The molecule has 0 spiro atoms. The van der Waals surface area contributed by atoms with Gasteiger partial charge in [0.15, 0.2) is 0 Å². The molecular formula is C22H22N2O3. The molecule has 1 amide bonds. The van der Waals surface area contributed by atoms with Crippen LogP contribution in [0.3, 0.4) is 0 Å². The van der Waals surface area contributed by atoms with Crippen molar-refractivity contribution in [1.29, 1.82) is 0 Å². The normalized spacial score (nSPS) is 10.3. The molecule has 5 nitrogen and oxygen atoms in total. The second kappa shape index (κ2) is 9.38. The van der Waals surface area contributed by atoms with Crippen LogP contribution in [0.25, 0.3) is 0 Å². The Morgan fingerprint density at radius 2 is 1.78 bits per heavy atom. The number of nitrogens with one attached hydrogen (secondary N) is 1. The van der Waals surface area contributed by atoms with Gasteiger partial charge in [-0.3, -0.25) is 9.78 Å². The topological polar surface area (TPSA) is 60.5 Å². The number of aromatic nitrogens is 1. The highest BCUT2D eigenvalue weighted by Crippen LogP contribution is 2.18. The summed E-state index contributed by atoms with van der Waals surface area (Å²) in [5.41, 5.74) is 2.54. The van der Waals surface area contributed by atoms with E-state index in [0.717, 1.165) is 16.9 Å². The minimum absolute atomic E-state index is 0.157. The molecule has 0 unspecified atom stereocenters. The highest BCUT2D eigenvalue weighted by molar-refractivity contribution is 5.96. The molecule has 0 atom stereocenters. The molecule has 2 aromatic carbocycles. The van der Waals surface area contributed by atoms with Crippen molar-refractivity contribution in [3.05, 3.63) is 89.7 Å². The lowest BCUT2D eigenvalue weighted by Crippen LogP contribution is -2.23. The van der Waals surface area contributed by atoms with Crippen LogP contribution in [0.5, 0.6) is 11.5 Å². The number of para-hydroxylation sites is 1. The number of rotatable bonds is 8. The van der Waals surface area contributed by atoms with Gasteiger partial charge in [-0.15, -0.1) is 0 Å². The first kappa shape index (κ1) is 18.5. The molecule has 0 saturated carbocycles. The van der Waals surface area contributed by atoms with Crippen molar-refractivity contribution in [1.82, 2.24) is 10.3 Å². The van der Waals surface area contributed by atoms with E-state index in [0.29, 0.717) is 31.1 Å². The van der Waals surface area contributed by atoms with E-state index in [2.05, 4.69) is 10.3 Å². The molecule has 0 aliphatic carbocycles. The Balaban J connectivity index is 1.53. The molecule has 3 aromatic rings. The van der Waals surface area contributed by atoms with Crippen molar-refractivity contribution in [3.63, 3.8) is 0 Å². The van der Waals surface area contributed by atoms with Gasteiger partial charge in [-0.25, -0.2) is 0 Å². The predicted molar refractivity (Wildman–Crippen MR) is 104 cm³/mol. The minimum atomic E-state index is -0.157. The van der Waals surface area contributed by atoms with Gasteiger partial charge in [0.25, 0.3) is 5.91 Å². The molecule has 1 N–H and O–H groups in total. The number of benzene rings is 2. The third kappa shape index (κ3) is 5.31. The van der Waals surface area contributed by atoms with E-state index in [1.165, 1.54) is 0 Å². The summed E-state index contributed by atoms with van der Waals surface area (Å²) in [5, 5.41) is 2.92. The zero-order valence-corrected chi connectivity index (χ0v) is 15.2. The van der Waals surface area contributed by atoms with Crippen molar-refractivity contribution in [2.24, 2.45) is 0 Å². The SMILES string of the molecule is CCOc1ccccc1C(=O)NCc1ccc(OCc2cccnc2)cc1. The maximum Gasteiger partial charge on any atom is 0.255 e. The largest absolute Gasteiger partial charge is 0.493 e. The van der Waals surface area contributed by atoms with Crippen LogP contribution in [0.4, 0.5) is 0 Å². The summed E-state index contributed by atoms with van der Waals surface area (Å²) >= 11 is 0. The van der Waals surface area contributed by atoms with Gasteiger partial charge < -0.3 is 14.8 Å². The molecule has 0 aliphatic heterocycles. The van der Waals surface area contributed by atoms with Crippen LogP contribution >= 0.6 is 0 Å². The zero-order chi connectivity index (χ0) is 18.9. The van der Waals surface area contributed by atoms with E-state index >= 15 is 0 Å². The van der Waals surface area contributed by atoms with Gasteiger partial charge in [-0.05, 0) is 42.8 Å². The van der Waals surface area contributed by atoms with Crippen LogP contribution in [-0.4, -0.2) is 17.5 Å². The summed E-state index contributed by atoms with van der Waals surface area (Å²) in [7, 11) is 0. The smallest absolute Gasteiger partial charge is 0.255 e. The average molecular weight is 362 g/mol. The van der Waals surface area contributed by atoms with E-state index in [9.17, 15) is 4.79 Å². The fraction of sp³-hybridized carbons (Fsp3) is 0.182. The van der Waals surface area contributed by atoms with Crippen LogP contribution < -0.4 is 14.8 Å². The predicted octanol–water partition coefficient (Wildman–Crippen LogP) is 3.99. The Hall–Kier alpha value is -3.34. The number of nitrogens with zero attached hydrogens (tertiary/aromatic N) is 1. The molecule has 1 heterocycles. The second-order valence-electron chi connectivity index (χ2n) is 5.91. The number of ether oxygens (including phenoxy) is 2. The second-order valence-corrected chi connectivity index (χ2v) is 5.91. The Morgan fingerprint density at radius 3 is 2.52 bits per heavy atom. The fourth-order valence-corrected chi connectivity index (χ4v) is 2.57. The van der Waals surface area contributed by atoms with Gasteiger partial charge in [0.1, 0.15) is 18.1 Å².